The normalized spacial score (nSPS) is 12.2. The highest BCUT2D eigenvalue weighted by Crippen LogP contribution is 2.35. The van der Waals surface area contributed by atoms with Gasteiger partial charge < -0.3 is 10.5 Å². The van der Waals surface area contributed by atoms with E-state index in [4.69, 9.17) is 10.5 Å². The van der Waals surface area contributed by atoms with Gasteiger partial charge in [-0.1, -0.05) is 19.6 Å². The Hall–Kier alpha value is -0.320. The first-order valence-corrected chi connectivity index (χ1v) is 7.14. The van der Waals surface area contributed by atoms with Crippen LogP contribution in [0.2, 0.25) is 0 Å². The molecule has 1 atom stereocenters. The molecule has 2 N–H and O–H groups in total. The summed E-state index contributed by atoms with van der Waals surface area (Å²) in [6.07, 6.45) is 3.57. The second-order valence-corrected chi connectivity index (χ2v) is 5.57. The zero-order valence-corrected chi connectivity index (χ0v) is 13.1. The summed E-state index contributed by atoms with van der Waals surface area (Å²) in [6, 6.07) is 4.31. The Kier molecular flexibility index (Phi) is 6.23. The van der Waals surface area contributed by atoms with Crippen LogP contribution in [0.15, 0.2) is 33.7 Å². The Morgan fingerprint density at radius 2 is 2.00 bits per heavy atom. The quantitative estimate of drug-likeness (QED) is 0.774. The molecule has 0 aromatic heterocycles. The van der Waals surface area contributed by atoms with E-state index in [2.05, 4.69) is 57.5 Å². The third-order valence-corrected chi connectivity index (χ3v) is 3.60. The van der Waals surface area contributed by atoms with E-state index in [-0.39, 0.29) is 6.04 Å². The molecule has 0 aliphatic rings. The van der Waals surface area contributed by atoms with Crippen molar-refractivity contribution in [3.63, 3.8) is 0 Å². The number of benzene rings is 1. The van der Waals surface area contributed by atoms with E-state index in [1.165, 1.54) is 5.56 Å². The molecule has 4 heteroatoms. The first-order valence-electron chi connectivity index (χ1n) is 5.55. The second kappa shape index (κ2) is 7.19. The van der Waals surface area contributed by atoms with Crippen LogP contribution in [0.5, 0.6) is 5.75 Å². The van der Waals surface area contributed by atoms with Crippen molar-refractivity contribution in [1.29, 1.82) is 0 Å². The van der Waals surface area contributed by atoms with Gasteiger partial charge in [-0.05, 0) is 62.4 Å². The molecule has 2 nitrogen and oxygen atoms in total. The second-order valence-electron chi connectivity index (χ2n) is 3.86. The average molecular weight is 363 g/mol. The van der Waals surface area contributed by atoms with E-state index >= 15 is 0 Å². The molecule has 94 valence electrons. The summed E-state index contributed by atoms with van der Waals surface area (Å²) < 4.78 is 7.43. The van der Waals surface area contributed by atoms with E-state index in [1.54, 1.807) is 6.08 Å². The molecule has 0 amide bonds. The lowest BCUT2D eigenvalue weighted by Crippen LogP contribution is -2.21. The van der Waals surface area contributed by atoms with Crippen LogP contribution in [0.4, 0.5) is 0 Å². The van der Waals surface area contributed by atoms with Crippen LogP contribution < -0.4 is 10.5 Å². The summed E-state index contributed by atoms with van der Waals surface area (Å²) in [5.41, 5.74) is 7.15. The highest BCUT2D eigenvalue weighted by molar-refractivity contribution is 9.11. The summed E-state index contributed by atoms with van der Waals surface area (Å²) in [4.78, 5) is 0. The molecule has 0 aliphatic carbocycles. The lowest BCUT2D eigenvalue weighted by atomic mass is 10.0. The number of halogens is 2. The molecule has 0 fully saturated rings. The minimum absolute atomic E-state index is 0.203. The molecular formula is C13H17Br2NO. The van der Waals surface area contributed by atoms with Gasteiger partial charge in [0.2, 0.25) is 0 Å². The van der Waals surface area contributed by atoms with E-state index in [0.29, 0.717) is 6.61 Å². The van der Waals surface area contributed by atoms with Gasteiger partial charge in [0.25, 0.3) is 0 Å². The molecule has 0 heterocycles. The maximum absolute atomic E-state index is 5.95. The molecule has 1 unspecified atom stereocenters. The van der Waals surface area contributed by atoms with Crippen molar-refractivity contribution in [3.05, 3.63) is 39.3 Å². The van der Waals surface area contributed by atoms with Gasteiger partial charge in [0, 0.05) is 6.04 Å². The monoisotopic (exact) mass is 361 g/mol. The minimum atomic E-state index is 0.203. The molecule has 0 saturated carbocycles. The fraction of sp³-hybridized carbons (Fsp3) is 0.385. The van der Waals surface area contributed by atoms with Crippen molar-refractivity contribution >= 4 is 31.9 Å². The number of rotatable bonds is 6. The molecular weight excluding hydrogens is 346 g/mol. The Morgan fingerprint density at radius 3 is 2.47 bits per heavy atom. The van der Waals surface area contributed by atoms with Gasteiger partial charge in [-0.2, -0.15) is 0 Å². The SMILES string of the molecule is C=CCOc1c(Br)cc(CC(N)CC)cc1Br. The van der Waals surface area contributed by atoms with Crippen molar-refractivity contribution in [1.82, 2.24) is 0 Å². The Labute approximate surface area is 119 Å². The predicted octanol–water partition coefficient (Wildman–Crippen LogP) is 4.06. The highest BCUT2D eigenvalue weighted by Gasteiger charge is 2.10. The van der Waals surface area contributed by atoms with Gasteiger partial charge in [-0.3, -0.25) is 0 Å². The van der Waals surface area contributed by atoms with Gasteiger partial charge in [0.15, 0.2) is 0 Å². The standard InChI is InChI=1S/C13H17Br2NO/c1-3-5-17-13-11(14)7-9(8-12(13)15)6-10(16)4-2/h3,7-8,10H,1,4-6,16H2,2H3. The minimum Gasteiger partial charge on any atom is -0.487 e. The van der Waals surface area contributed by atoms with E-state index in [1.807, 2.05) is 0 Å². The molecule has 0 saturated heterocycles. The Balaban J connectivity index is 2.88. The third kappa shape index (κ3) is 4.45. The first-order chi connectivity index (χ1) is 8.08. The summed E-state index contributed by atoms with van der Waals surface area (Å²) in [7, 11) is 0. The summed E-state index contributed by atoms with van der Waals surface area (Å²) in [6.45, 7) is 6.22. The molecule has 0 bridgehead atoms. The molecule has 0 aliphatic heterocycles. The Bertz CT molecular complexity index is 370. The Morgan fingerprint density at radius 1 is 1.41 bits per heavy atom. The van der Waals surface area contributed by atoms with Crippen LogP contribution in [0.1, 0.15) is 18.9 Å². The maximum Gasteiger partial charge on any atom is 0.148 e. The molecule has 0 spiro atoms. The molecule has 1 aromatic rings. The summed E-state index contributed by atoms with van der Waals surface area (Å²) in [5, 5.41) is 0. The topological polar surface area (TPSA) is 35.2 Å². The molecule has 1 rings (SSSR count). The molecule has 1 aromatic carbocycles. The fourth-order valence-electron chi connectivity index (χ4n) is 1.46. The van der Waals surface area contributed by atoms with Crippen LogP contribution in [-0.2, 0) is 6.42 Å². The number of nitrogens with two attached hydrogens (primary N) is 1. The third-order valence-electron chi connectivity index (χ3n) is 2.43. The van der Waals surface area contributed by atoms with Gasteiger partial charge in [0.05, 0.1) is 8.95 Å². The van der Waals surface area contributed by atoms with Crippen LogP contribution >= 0.6 is 31.9 Å². The molecule has 17 heavy (non-hydrogen) atoms. The van der Waals surface area contributed by atoms with E-state index in [9.17, 15) is 0 Å². The lowest BCUT2D eigenvalue weighted by Gasteiger charge is -2.13. The van der Waals surface area contributed by atoms with Gasteiger partial charge in [-0.25, -0.2) is 0 Å². The number of hydrogen-bond donors (Lipinski definition) is 1. The van der Waals surface area contributed by atoms with Crippen LogP contribution in [0.3, 0.4) is 0 Å². The maximum atomic E-state index is 5.95. The zero-order chi connectivity index (χ0) is 12.8. The van der Waals surface area contributed by atoms with Crippen LogP contribution in [0, 0.1) is 0 Å². The molecule has 0 radical (unpaired) electrons. The zero-order valence-electron chi connectivity index (χ0n) is 9.88. The van der Waals surface area contributed by atoms with E-state index in [0.717, 1.165) is 27.5 Å². The van der Waals surface area contributed by atoms with Gasteiger partial charge in [-0.15, -0.1) is 0 Å². The predicted molar refractivity (Wildman–Crippen MR) is 79.5 cm³/mol. The largest absolute Gasteiger partial charge is 0.487 e. The van der Waals surface area contributed by atoms with Crippen molar-refractivity contribution in [3.8, 4) is 5.75 Å². The summed E-state index contributed by atoms with van der Waals surface area (Å²) >= 11 is 7.02. The van der Waals surface area contributed by atoms with Crippen molar-refractivity contribution in [2.24, 2.45) is 5.73 Å². The van der Waals surface area contributed by atoms with Crippen molar-refractivity contribution in [2.75, 3.05) is 6.61 Å². The smallest absolute Gasteiger partial charge is 0.148 e. The van der Waals surface area contributed by atoms with Crippen LogP contribution in [-0.4, -0.2) is 12.6 Å². The fourth-order valence-corrected chi connectivity index (χ4v) is 2.97. The lowest BCUT2D eigenvalue weighted by molar-refractivity contribution is 0.358. The first kappa shape index (κ1) is 14.7. The number of hydrogen-bond acceptors (Lipinski definition) is 2. The van der Waals surface area contributed by atoms with Crippen LogP contribution in [0.25, 0.3) is 0 Å². The van der Waals surface area contributed by atoms with Crippen molar-refractivity contribution in [2.45, 2.75) is 25.8 Å². The number of ether oxygens (including phenoxy) is 1. The summed E-state index contributed by atoms with van der Waals surface area (Å²) in [5.74, 6) is 0.804. The average Bonchev–Trinajstić information content (AvgIpc) is 2.28. The van der Waals surface area contributed by atoms with Crippen molar-refractivity contribution < 1.29 is 4.74 Å². The van der Waals surface area contributed by atoms with Gasteiger partial charge in [0.1, 0.15) is 12.4 Å². The highest BCUT2D eigenvalue weighted by atomic mass is 79.9. The van der Waals surface area contributed by atoms with E-state index < -0.39 is 0 Å². The van der Waals surface area contributed by atoms with Gasteiger partial charge >= 0.3 is 0 Å².